The molecular formula is C126H131N5. The SMILES string of the molecule is Cc1cc(C)cc(N(c2cc(C)cc(C)c2)c2cc(C)cc(C)c2)c1.Cc1ccc(-c2ccc(N(c3cc(C)cc(C)c3)c3cc(C)cc(C)c3)cc2)cc1.Cc1ccc(-c2ccc(N(c3cccc(C)c3)c3cc(C)cc(C)c3)cc2)cc1.Cc1ccc(N(c2cc(C)cc(C)c2)c2cc(C)cc(C)c2)cc1.Cc1ccc(N(c2ccc(C)cc2)c2cc(C)cc(C)c2)cc1. The Morgan fingerprint density at radius 3 is 0.382 bits per heavy atom. The molecule has 5 nitrogen and oxygen atoms in total. The third-order valence-corrected chi connectivity index (χ3v) is 23.3. The second-order valence-electron chi connectivity index (χ2n) is 37.0. The van der Waals surface area contributed by atoms with Crippen molar-refractivity contribution in [1.82, 2.24) is 0 Å². The molecule has 660 valence electrons. The van der Waals surface area contributed by atoms with Crippen LogP contribution < -0.4 is 24.5 Å². The van der Waals surface area contributed by atoms with Crippen molar-refractivity contribution in [2.75, 3.05) is 24.5 Å². The van der Waals surface area contributed by atoms with E-state index in [2.05, 4.69) is 549 Å². The van der Waals surface area contributed by atoms with Crippen molar-refractivity contribution in [3.63, 3.8) is 0 Å². The van der Waals surface area contributed by atoms with Crippen LogP contribution >= 0.6 is 0 Å². The van der Waals surface area contributed by atoms with Gasteiger partial charge in [0, 0.05) is 85.3 Å². The number of benzene rings is 17. The van der Waals surface area contributed by atoms with Crippen LogP contribution in [0, 0.1) is 166 Å². The summed E-state index contributed by atoms with van der Waals surface area (Å²) in [5.74, 6) is 0. The smallest absolute Gasteiger partial charge is 0.0466 e. The minimum absolute atomic E-state index is 1.16. The monoisotopic (exact) mass is 1710 g/mol. The average molecular weight is 1720 g/mol. The lowest BCUT2D eigenvalue weighted by Gasteiger charge is -2.27. The highest BCUT2D eigenvalue weighted by Gasteiger charge is 2.21. The van der Waals surface area contributed by atoms with E-state index in [1.165, 1.54) is 235 Å². The Kier molecular flexibility index (Phi) is 30.8. The van der Waals surface area contributed by atoms with Gasteiger partial charge in [0.25, 0.3) is 0 Å². The zero-order valence-corrected chi connectivity index (χ0v) is 81.8. The summed E-state index contributed by atoms with van der Waals surface area (Å²) in [5, 5.41) is 0. The first kappa shape index (κ1) is 94.4. The fourth-order valence-electron chi connectivity index (χ4n) is 17.9. The highest BCUT2D eigenvalue weighted by molar-refractivity contribution is 5.85. The normalized spacial score (nSPS) is 10.7. The van der Waals surface area contributed by atoms with Crippen LogP contribution in [-0.2, 0) is 0 Å². The summed E-state index contributed by atoms with van der Waals surface area (Å²) in [6.45, 7) is 51.6. The zero-order chi connectivity index (χ0) is 93.4. The van der Waals surface area contributed by atoms with Gasteiger partial charge in [0.2, 0.25) is 0 Å². The minimum atomic E-state index is 1.16. The summed E-state index contributed by atoms with van der Waals surface area (Å²) in [4.78, 5) is 11.7. The second kappa shape index (κ2) is 42.8. The van der Waals surface area contributed by atoms with Crippen molar-refractivity contribution < 1.29 is 0 Å². The van der Waals surface area contributed by atoms with Gasteiger partial charge in [0.15, 0.2) is 0 Å². The largest absolute Gasteiger partial charge is 0.310 e. The Morgan fingerprint density at radius 1 is 0.0916 bits per heavy atom. The van der Waals surface area contributed by atoms with Gasteiger partial charge in [-0.3, -0.25) is 0 Å². The van der Waals surface area contributed by atoms with E-state index in [4.69, 9.17) is 0 Å². The summed E-state index contributed by atoms with van der Waals surface area (Å²) in [6, 6.07) is 131. The lowest BCUT2D eigenvalue weighted by atomic mass is 10.0. The predicted octanol–water partition coefficient (Wildman–Crippen LogP) is 36.5. The van der Waals surface area contributed by atoms with Crippen molar-refractivity contribution in [1.29, 1.82) is 0 Å². The van der Waals surface area contributed by atoms with Gasteiger partial charge in [-0.25, -0.2) is 0 Å². The molecule has 0 saturated carbocycles. The van der Waals surface area contributed by atoms with Crippen LogP contribution in [-0.4, -0.2) is 0 Å². The molecule has 5 heteroatoms. The van der Waals surface area contributed by atoms with Gasteiger partial charge >= 0.3 is 0 Å². The van der Waals surface area contributed by atoms with Gasteiger partial charge in [0.1, 0.15) is 0 Å². The first-order valence-corrected chi connectivity index (χ1v) is 46.0. The molecule has 0 aliphatic heterocycles. The number of hydrogen-bond donors (Lipinski definition) is 0. The highest BCUT2D eigenvalue weighted by atomic mass is 15.2. The first-order chi connectivity index (χ1) is 62.6. The van der Waals surface area contributed by atoms with E-state index in [1.807, 2.05) is 0 Å². The molecule has 0 aromatic heterocycles. The number of nitrogens with zero attached hydrogens (tertiary/aromatic N) is 5. The third-order valence-electron chi connectivity index (χ3n) is 23.3. The second-order valence-corrected chi connectivity index (χ2v) is 37.0. The zero-order valence-electron chi connectivity index (χ0n) is 81.8. The topological polar surface area (TPSA) is 16.2 Å². The van der Waals surface area contributed by atoms with E-state index in [-0.39, 0.29) is 0 Å². The average Bonchev–Trinajstić information content (AvgIpc) is 0.687. The van der Waals surface area contributed by atoms with Crippen LogP contribution in [0.4, 0.5) is 85.3 Å². The van der Waals surface area contributed by atoms with Crippen LogP contribution in [0.3, 0.4) is 0 Å². The summed E-state index contributed by atoms with van der Waals surface area (Å²) >= 11 is 0. The van der Waals surface area contributed by atoms with Crippen LogP contribution in [0.5, 0.6) is 0 Å². The molecule has 0 spiro atoms. The summed E-state index contributed by atoms with van der Waals surface area (Å²) in [6.07, 6.45) is 0. The van der Waals surface area contributed by atoms with Gasteiger partial charge in [0.05, 0.1) is 0 Å². The molecule has 0 bridgehead atoms. The van der Waals surface area contributed by atoms with Crippen molar-refractivity contribution in [3.8, 4) is 22.3 Å². The predicted molar refractivity (Wildman–Crippen MR) is 570 cm³/mol. The molecule has 0 amide bonds. The van der Waals surface area contributed by atoms with Crippen molar-refractivity contribution in [2.24, 2.45) is 0 Å². The van der Waals surface area contributed by atoms with Gasteiger partial charge < -0.3 is 24.5 Å². The van der Waals surface area contributed by atoms with E-state index < -0.39 is 0 Å². The van der Waals surface area contributed by atoms with Crippen LogP contribution in [0.2, 0.25) is 0 Å². The molecule has 0 atom stereocenters. The first-order valence-electron chi connectivity index (χ1n) is 46.0. The quantitative estimate of drug-likeness (QED) is 0.0900. The maximum atomic E-state index is 2.38. The van der Waals surface area contributed by atoms with Crippen molar-refractivity contribution in [2.45, 2.75) is 166 Å². The third kappa shape index (κ3) is 25.6. The Morgan fingerprint density at radius 2 is 0.214 bits per heavy atom. The molecule has 0 unspecified atom stereocenters. The molecule has 17 rings (SSSR count). The maximum Gasteiger partial charge on any atom is 0.0466 e. The van der Waals surface area contributed by atoms with Crippen LogP contribution in [0.25, 0.3) is 22.3 Å². The van der Waals surface area contributed by atoms with E-state index >= 15 is 0 Å². The van der Waals surface area contributed by atoms with E-state index in [1.54, 1.807) is 0 Å². The number of aryl methyl sites for hydroxylation is 24. The Labute approximate surface area is 784 Å². The molecule has 0 N–H and O–H groups in total. The summed E-state index contributed by atoms with van der Waals surface area (Å²) < 4.78 is 0. The molecule has 0 heterocycles. The van der Waals surface area contributed by atoms with E-state index in [9.17, 15) is 0 Å². The Bertz CT molecular complexity index is 6320. The highest BCUT2D eigenvalue weighted by Crippen LogP contribution is 2.44. The fourth-order valence-corrected chi connectivity index (χ4v) is 17.9. The van der Waals surface area contributed by atoms with Gasteiger partial charge in [-0.1, -0.05) is 204 Å². The molecule has 0 aliphatic carbocycles. The van der Waals surface area contributed by atoms with Gasteiger partial charge in [-0.05, 0) is 476 Å². The molecule has 0 aliphatic rings. The fraction of sp³-hybridized carbons (Fsp3) is 0.190. The number of anilines is 15. The number of hydrogen-bond acceptors (Lipinski definition) is 5. The molecule has 17 aromatic rings. The molecule has 17 aromatic carbocycles. The van der Waals surface area contributed by atoms with Crippen LogP contribution in [0.1, 0.15) is 134 Å². The van der Waals surface area contributed by atoms with Crippen molar-refractivity contribution >= 4 is 85.3 Å². The minimum Gasteiger partial charge on any atom is -0.310 e. The molecular weight excluding hydrogens is 1580 g/mol. The number of rotatable bonds is 17. The van der Waals surface area contributed by atoms with Gasteiger partial charge in [-0.2, -0.15) is 0 Å². The Hall–Kier alpha value is -14.3. The van der Waals surface area contributed by atoms with Crippen LogP contribution in [0.15, 0.2) is 358 Å². The Balaban J connectivity index is 0.000000140. The molecule has 0 saturated heterocycles. The van der Waals surface area contributed by atoms with E-state index in [0.29, 0.717) is 0 Å². The summed E-state index contributed by atoms with van der Waals surface area (Å²) in [7, 11) is 0. The molecule has 0 radical (unpaired) electrons. The standard InChI is InChI=1S/C29H29N.C28H27N.C24H27N.C23H25N.C22H23N/c1-20-6-8-25(9-7-20)26-10-12-27(13-11-26)30(28-16-21(2)14-22(3)17-28)29-18-23(4)15-24(5)19-29;1-20-8-10-24(11-9-20)25-12-14-26(15-13-25)29(27-7-5-6-21(2)17-27)28-18-22(3)16-23(4)19-28;1-16-7-17(2)11-22(10-16)25(23-12-18(3)8-19(4)13-23)24-14-20(5)9-21(6)15-24;1-16-6-8-21(9-7-16)24(22-12-17(2)10-18(3)13-22)23-14-19(4)11-20(5)15-23;1-16-5-9-20(10-6-16)23(21-11-7-17(2)8-12-21)22-14-18(3)13-19(4)15-22/h6-19H,1-5H3;5-19H,1-4H3;7-15H,1-6H3;6-15H,1-5H3;5-15H,1-4H3. The van der Waals surface area contributed by atoms with Crippen molar-refractivity contribution in [3.05, 3.63) is 491 Å². The summed E-state index contributed by atoms with van der Waals surface area (Å²) in [5.41, 5.74) is 53.6. The van der Waals surface area contributed by atoms with Gasteiger partial charge in [-0.15, -0.1) is 0 Å². The molecule has 131 heavy (non-hydrogen) atoms. The maximum absolute atomic E-state index is 2.38. The molecule has 0 fully saturated rings. The van der Waals surface area contributed by atoms with E-state index in [0.717, 1.165) is 5.69 Å². The lowest BCUT2D eigenvalue weighted by molar-refractivity contribution is 1.22. The lowest BCUT2D eigenvalue weighted by Crippen LogP contribution is -2.11.